The van der Waals surface area contributed by atoms with E-state index in [0.29, 0.717) is 6.07 Å². The molecule has 5 N–H and O–H groups in total. The second kappa shape index (κ2) is 8.79. The van der Waals surface area contributed by atoms with Gasteiger partial charge in [-0.2, -0.15) is 21.6 Å². The van der Waals surface area contributed by atoms with Crippen LogP contribution in [-0.2, 0) is 24.5 Å². The van der Waals surface area contributed by atoms with Gasteiger partial charge in [-0.25, -0.2) is 4.79 Å². The SMILES string of the molecule is O=C(CCNC(=O)C(F)(F)F)NCCC(=O)On1c(O)cc(S(=O)(=O)O)c1O. The number of carbonyl (C=O) groups excluding carboxylic acids is 3. The van der Waals surface area contributed by atoms with E-state index in [4.69, 9.17) is 4.55 Å². The summed E-state index contributed by atoms with van der Waals surface area (Å²) in [5.41, 5.74) is 0. The van der Waals surface area contributed by atoms with Crippen molar-refractivity contribution in [2.24, 2.45) is 0 Å². The van der Waals surface area contributed by atoms with Gasteiger partial charge in [0, 0.05) is 25.6 Å². The van der Waals surface area contributed by atoms with Crippen LogP contribution in [0.5, 0.6) is 11.8 Å². The van der Waals surface area contributed by atoms with Crippen molar-refractivity contribution in [2.45, 2.75) is 23.9 Å². The number of rotatable bonds is 8. The average molecular weight is 433 g/mol. The zero-order valence-corrected chi connectivity index (χ0v) is 14.5. The fraction of sp³-hybridized carbons (Fsp3) is 0.417. The Morgan fingerprint density at radius 1 is 1.11 bits per heavy atom. The molecule has 1 aromatic heterocycles. The summed E-state index contributed by atoms with van der Waals surface area (Å²) < 4.78 is 66.4. The van der Waals surface area contributed by atoms with Gasteiger partial charge < -0.3 is 25.7 Å². The number of amides is 2. The summed E-state index contributed by atoms with van der Waals surface area (Å²) in [4.78, 5) is 36.8. The fourth-order valence-corrected chi connectivity index (χ4v) is 2.23. The molecule has 12 nitrogen and oxygen atoms in total. The number of aromatic nitrogens is 1. The fourth-order valence-electron chi connectivity index (χ4n) is 1.66. The molecule has 0 aliphatic heterocycles. The van der Waals surface area contributed by atoms with Crippen molar-refractivity contribution in [3.8, 4) is 11.8 Å². The number of carbonyl (C=O) groups is 3. The molecule has 0 saturated carbocycles. The van der Waals surface area contributed by atoms with Crippen molar-refractivity contribution in [1.29, 1.82) is 0 Å². The molecule has 0 fully saturated rings. The van der Waals surface area contributed by atoms with Crippen LogP contribution in [0.15, 0.2) is 11.0 Å². The third-order valence-electron chi connectivity index (χ3n) is 2.90. The Kier molecular flexibility index (Phi) is 7.23. The van der Waals surface area contributed by atoms with Gasteiger partial charge in [-0.1, -0.05) is 0 Å². The number of aromatic hydroxyl groups is 2. The van der Waals surface area contributed by atoms with E-state index in [1.165, 1.54) is 5.32 Å². The number of nitrogens with zero attached hydrogens (tertiary/aromatic N) is 1. The second-order valence-electron chi connectivity index (χ2n) is 5.03. The highest BCUT2D eigenvalue weighted by Gasteiger charge is 2.38. The molecule has 1 rings (SSSR count). The van der Waals surface area contributed by atoms with Gasteiger partial charge in [-0.3, -0.25) is 14.1 Å². The lowest BCUT2D eigenvalue weighted by Crippen LogP contribution is -2.39. The van der Waals surface area contributed by atoms with Crippen LogP contribution in [0.3, 0.4) is 0 Å². The highest BCUT2D eigenvalue weighted by molar-refractivity contribution is 7.86. The van der Waals surface area contributed by atoms with Crippen molar-refractivity contribution in [2.75, 3.05) is 13.1 Å². The van der Waals surface area contributed by atoms with Gasteiger partial charge >= 0.3 is 18.1 Å². The first-order valence-electron chi connectivity index (χ1n) is 7.17. The van der Waals surface area contributed by atoms with E-state index >= 15 is 0 Å². The first-order chi connectivity index (χ1) is 12.7. The van der Waals surface area contributed by atoms with Crippen LogP contribution in [0.2, 0.25) is 0 Å². The quantitative estimate of drug-likeness (QED) is 0.310. The zero-order chi connectivity index (χ0) is 21.7. The molecular weight excluding hydrogens is 419 g/mol. The Morgan fingerprint density at radius 2 is 1.68 bits per heavy atom. The predicted molar refractivity (Wildman–Crippen MR) is 80.5 cm³/mol. The summed E-state index contributed by atoms with van der Waals surface area (Å²) in [6, 6.07) is 0.412. The van der Waals surface area contributed by atoms with Gasteiger partial charge in [-0.15, -0.1) is 4.73 Å². The number of nitrogens with one attached hydrogen (secondary N) is 2. The normalized spacial score (nSPS) is 11.7. The number of hydrogen-bond donors (Lipinski definition) is 5. The van der Waals surface area contributed by atoms with Crippen molar-refractivity contribution < 1.29 is 55.6 Å². The molecule has 0 aliphatic rings. The number of hydrogen-bond acceptors (Lipinski definition) is 8. The van der Waals surface area contributed by atoms with Crippen LogP contribution in [-0.4, -0.2) is 65.0 Å². The topological polar surface area (TPSA) is 184 Å². The van der Waals surface area contributed by atoms with E-state index in [2.05, 4.69) is 10.2 Å². The standard InChI is InChI=1S/C12H14F3N3O9S/c13-12(14,15)11(23)17-3-1-7(19)16-4-2-9(21)27-18-8(20)5-6(10(18)22)28(24,25)26/h5,20,22H,1-4H2,(H,16,19)(H,17,23)(H,24,25,26). The van der Waals surface area contributed by atoms with Crippen LogP contribution < -0.4 is 15.5 Å². The maximum Gasteiger partial charge on any atom is 0.471 e. The van der Waals surface area contributed by atoms with Gasteiger partial charge in [0.2, 0.25) is 11.8 Å². The van der Waals surface area contributed by atoms with Gasteiger partial charge in [0.05, 0.1) is 6.42 Å². The minimum Gasteiger partial charge on any atom is -0.492 e. The molecule has 0 saturated heterocycles. The summed E-state index contributed by atoms with van der Waals surface area (Å²) in [6.45, 7) is -0.961. The summed E-state index contributed by atoms with van der Waals surface area (Å²) in [6.07, 6.45) is -6.13. The van der Waals surface area contributed by atoms with E-state index in [0.717, 1.165) is 0 Å². The van der Waals surface area contributed by atoms with Gasteiger partial charge in [0.25, 0.3) is 16.0 Å². The molecule has 0 bridgehead atoms. The Hall–Kier alpha value is -3.01. The van der Waals surface area contributed by atoms with Crippen molar-refractivity contribution in [1.82, 2.24) is 15.4 Å². The smallest absolute Gasteiger partial charge is 0.471 e. The van der Waals surface area contributed by atoms with E-state index in [1.807, 2.05) is 0 Å². The van der Waals surface area contributed by atoms with E-state index in [-0.39, 0.29) is 11.3 Å². The Balaban J connectivity index is 2.43. The van der Waals surface area contributed by atoms with Gasteiger partial charge in [0.1, 0.15) is 0 Å². The average Bonchev–Trinajstić information content (AvgIpc) is 2.82. The van der Waals surface area contributed by atoms with Gasteiger partial charge in [0.15, 0.2) is 4.90 Å². The van der Waals surface area contributed by atoms with Crippen molar-refractivity contribution in [3.63, 3.8) is 0 Å². The molecule has 0 radical (unpaired) electrons. The van der Waals surface area contributed by atoms with Crippen LogP contribution in [0.4, 0.5) is 13.2 Å². The van der Waals surface area contributed by atoms with Gasteiger partial charge in [-0.05, 0) is 0 Å². The van der Waals surface area contributed by atoms with E-state index in [9.17, 15) is 46.2 Å². The molecule has 1 aromatic rings. The first kappa shape index (κ1) is 23.0. The molecule has 158 valence electrons. The molecule has 0 aromatic carbocycles. The van der Waals surface area contributed by atoms with Crippen LogP contribution in [0.1, 0.15) is 12.8 Å². The monoisotopic (exact) mass is 433 g/mol. The molecule has 16 heteroatoms. The Morgan fingerprint density at radius 3 is 2.18 bits per heavy atom. The van der Waals surface area contributed by atoms with Crippen LogP contribution in [0.25, 0.3) is 0 Å². The maximum absolute atomic E-state index is 11.9. The molecule has 2 amide bonds. The highest BCUT2D eigenvalue weighted by atomic mass is 32.2. The Labute approximate surface area is 154 Å². The minimum absolute atomic E-state index is 0.0138. The lowest BCUT2D eigenvalue weighted by atomic mass is 10.3. The zero-order valence-electron chi connectivity index (χ0n) is 13.7. The summed E-state index contributed by atoms with van der Waals surface area (Å²) >= 11 is 0. The molecule has 1 heterocycles. The first-order valence-corrected chi connectivity index (χ1v) is 8.61. The van der Waals surface area contributed by atoms with Crippen LogP contribution >= 0.6 is 0 Å². The third-order valence-corrected chi connectivity index (χ3v) is 3.75. The number of alkyl halides is 3. The largest absolute Gasteiger partial charge is 0.492 e. The minimum atomic E-state index is -5.08. The van der Waals surface area contributed by atoms with Crippen LogP contribution in [0, 0.1) is 0 Å². The lowest BCUT2D eigenvalue weighted by molar-refractivity contribution is -0.173. The Bertz CT molecular complexity index is 864. The van der Waals surface area contributed by atoms with Crippen molar-refractivity contribution >= 4 is 27.9 Å². The summed E-state index contributed by atoms with van der Waals surface area (Å²) in [7, 11) is -4.90. The molecule has 0 atom stereocenters. The molecule has 0 unspecified atom stereocenters. The maximum atomic E-state index is 11.9. The highest BCUT2D eigenvalue weighted by Crippen LogP contribution is 2.29. The lowest BCUT2D eigenvalue weighted by Gasteiger charge is -2.09. The van der Waals surface area contributed by atoms with E-state index in [1.54, 1.807) is 0 Å². The molecule has 0 aliphatic carbocycles. The van der Waals surface area contributed by atoms with E-state index < -0.39 is 70.1 Å². The summed E-state index contributed by atoms with van der Waals surface area (Å²) in [5.74, 6) is -6.47. The predicted octanol–water partition coefficient (Wildman–Crippen LogP) is -1.32. The summed E-state index contributed by atoms with van der Waals surface area (Å²) in [5, 5.41) is 22.5. The molecular formula is C12H14F3N3O9S. The third kappa shape index (κ3) is 6.62. The second-order valence-corrected chi connectivity index (χ2v) is 6.42. The number of halogens is 3. The molecule has 0 spiro atoms. The van der Waals surface area contributed by atoms with Crippen molar-refractivity contribution in [3.05, 3.63) is 6.07 Å². The molecule has 28 heavy (non-hydrogen) atoms.